The van der Waals surface area contributed by atoms with E-state index in [9.17, 15) is 4.79 Å². The second-order valence-corrected chi connectivity index (χ2v) is 5.67. The summed E-state index contributed by atoms with van der Waals surface area (Å²) in [5.74, 6) is 2.74. The zero-order valence-electron chi connectivity index (χ0n) is 10.6. The molecular weight excluding hydrogens is 196 g/mol. The number of rotatable bonds is 2. The number of allylic oxidation sites excluding steroid dienone is 4. The highest BCUT2D eigenvalue weighted by Gasteiger charge is 2.35. The Balaban J connectivity index is 2.30. The van der Waals surface area contributed by atoms with E-state index >= 15 is 0 Å². The Kier molecular flexibility index (Phi) is 3.32. The van der Waals surface area contributed by atoms with Crippen molar-refractivity contribution in [2.24, 2.45) is 23.7 Å². The summed E-state index contributed by atoms with van der Waals surface area (Å²) < 4.78 is 0. The minimum absolute atomic E-state index is 0.610. The van der Waals surface area contributed by atoms with Gasteiger partial charge >= 0.3 is 0 Å². The zero-order valence-corrected chi connectivity index (χ0v) is 10.6. The molecule has 0 saturated carbocycles. The topological polar surface area (TPSA) is 17.1 Å². The van der Waals surface area contributed by atoms with Gasteiger partial charge in [-0.1, -0.05) is 31.6 Å². The first kappa shape index (κ1) is 11.6. The first-order valence-corrected chi connectivity index (χ1v) is 6.46. The maximum atomic E-state index is 10.9. The molecule has 0 fully saturated rings. The molecule has 1 heteroatoms. The van der Waals surface area contributed by atoms with Crippen molar-refractivity contribution in [1.82, 2.24) is 0 Å². The summed E-state index contributed by atoms with van der Waals surface area (Å²) in [5, 5.41) is 0. The van der Waals surface area contributed by atoms with Crippen molar-refractivity contribution in [2.45, 2.75) is 40.0 Å². The van der Waals surface area contributed by atoms with Gasteiger partial charge in [0.05, 0.1) is 0 Å². The van der Waals surface area contributed by atoms with Crippen molar-refractivity contribution in [3.05, 3.63) is 23.3 Å². The number of carbonyl (C=O) groups is 1. The van der Waals surface area contributed by atoms with Crippen LogP contribution in [0, 0.1) is 23.7 Å². The molecule has 2 unspecified atom stereocenters. The second kappa shape index (κ2) is 4.57. The van der Waals surface area contributed by atoms with Crippen LogP contribution in [-0.2, 0) is 4.79 Å². The first-order valence-electron chi connectivity index (χ1n) is 6.46. The molecule has 88 valence electrons. The van der Waals surface area contributed by atoms with E-state index in [0.29, 0.717) is 17.8 Å². The van der Waals surface area contributed by atoms with Gasteiger partial charge in [0, 0.05) is 0 Å². The average molecular weight is 218 g/mol. The third kappa shape index (κ3) is 2.00. The van der Waals surface area contributed by atoms with Crippen LogP contribution in [0.1, 0.15) is 40.0 Å². The van der Waals surface area contributed by atoms with Crippen LogP contribution >= 0.6 is 0 Å². The van der Waals surface area contributed by atoms with Gasteiger partial charge in [0.25, 0.3) is 0 Å². The molecule has 0 aliphatic heterocycles. The highest BCUT2D eigenvalue weighted by Crippen LogP contribution is 2.44. The van der Waals surface area contributed by atoms with Crippen molar-refractivity contribution >= 4 is 6.29 Å². The summed E-state index contributed by atoms with van der Waals surface area (Å²) in [4.78, 5) is 10.9. The summed E-state index contributed by atoms with van der Waals surface area (Å²) >= 11 is 0. The van der Waals surface area contributed by atoms with Crippen molar-refractivity contribution in [3.63, 3.8) is 0 Å². The van der Waals surface area contributed by atoms with Crippen molar-refractivity contribution in [3.8, 4) is 0 Å². The lowest BCUT2D eigenvalue weighted by Gasteiger charge is -2.40. The van der Waals surface area contributed by atoms with E-state index in [1.807, 2.05) is 0 Å². The molecule has 3 atom stereocenters. The van der Waals surface area contributed by atoms with Gasteiger partial charge in [-0.25, -0.2) is 0 Å². The monoisotopic (exact) mass is 218 g/mol. The van der Waals surface area contributed by atoms with E-state index in [4.69, 9.17) is 0 Å². The maximum Gasteiger partial charge on any atom is 0.145 e. The van der Waals surface area contributed by atoms with E-state index in [-0.39, 0.29) is 0 Å². The predicted molar refractivity (Wildman–Crippen MR) is 67.1 cm³/mol. The van der Waals surface area contributed by atoms with Gasteiger partial charge in [0.1, 0.15) is 6.29 Å². The van der Waals surface area contributed by atoms with E-state index in [1.165, 1.54) is 12.8 Å². The van der Waals surface area contributed by atoms with Crippen LogP contribution in [0.2, 0.25) is 0 Å². The predicted octanol–water partition coefficient (Wildman–Crippen LogP) is 3.76. The van der Waals surface area contributed by atoms with Crippen LogP contribution in [0.5, 0.6) is 0 Å². The molecule has 0 bridgehead atoms. The number of aldehydes is 1. The van der Waals surface area contributed by atoms with Gasteiger partial charge in [-0.2, -0.15) is 0 Å². The summed E-state index contributed by atoms with van der Waals surface area (Å²) in [5.41, 5.74) is 2.57. The van der Waals surface area contributed by atoms with Gasteiger partial charge in [0.15, 0.2) is 0 Å². The molecule has 16 heavy (non-hydrogen) atoms. The number of hydrogen-bond acceptors (Lipinski definition) is 1. The Bertz CT molecular complexity index is 335. The standard InChI is InChI=1S/C15H22O/c1-10(2)13-6-4-11(3)14-7-5-12(9-16)8-15(13)14/h4,8-10,13-15H,5-7H2,1-3H3/t13-,14?,15?/m0/s1. The molecule has 2 aliphatic rings. The molecular formula is C15H22O. The molecule has 0 aromatic heterocycles. The second-order valence-electron chi connectivity index (χ2n) is 5.67. The average Bonchev–Trinajstić information content (AvgIpc) is 2.28. The summed E-state index contributed by atoms with van der Waals surface area (Å²) in [7, 11) is 0. The van der Waals surface area contributed by atoms with Gasteiger partial charge in [-0.05, 0) is 55.4 Å². The molecule has 0 aromatic carbocycles. The Hall–Kier alpha value is -0.850. The molecule has 0 radical (unpaired) electrons. The molecule has 0 N–H and O–H groups in total. The summed E-state index contributed by atoms with van der Waals surface area (Å²) in [6.45, 7) is 6.87. The Morgan fingerprint density at radius 1 is 1.44 bits per heavy atom. The third-order valence-electron chi connectivity index (χ3n) is 4.41. The van der Waals surface area contributed by atoms with Crippen LogP contribution < -0.4 is 0 Å². The SMILES string of the molecule is CC1=CC[C@@H](C(C)C)C2C=C(C=O)CCC12. The van der Waals surface area contributed by atoms with Crippen LogP contribution in [0.25, 0.3) is 0 Å². The number of fused-ring (bicyclic) bond motifs is 1. The lowest BCUT2D eigenvalue weighted by Crippen LogP contribution is -2.32. The molecule has 0 heterocycles. The molecule has 0 saturated heterocycles. The molecule has 0 amide bonds. The quantitative estimate of drug-likeness (QED) is 0.509. The third-order valence-corrected chi connectivity index (χ3v) is 4.41. The smallest absolute Gasteiger partial charge is 0.145 e. The number of hydrogen-bond donors (Lipinski definition) is 0. The summed E-state index contributed by atoms with van der Waals surface area (Å²) in [6.07, 6.45) is 9.07. The van der Waals surface area contributed by atoms with Crippen molar-refractivity contribution in [1.29, 1.82) is 0 Å². The fourth-order valence-electron chi connectivity index (χ4n) is 3.36. The van der Waals surface area contributed by atoms with Gasteiger partial charge < -0.3 is 0 Å². The lowest BCUT2D eigenvalue weighted by atomic mass is 9.64. The normalized spacial score (nSPS) is 34.1. The minimum atomic E-state index is 0.610. The van der Waals surface area contributed by atoms with Gasteiger partial charge in [0.2, 0.25) is 0 Å². The Labute approximate surface area is 98.6 Å². The van der Waals surface area contributed by atoms with Crippen LogP contribution in [-0.4, -0.2) is 6.29 Å². The molecule has 0 spiro atoms. The highest BCUT2D eigenvalue weighted by atomic mass is 16.1. The molecule has 2 aliphatic carbocycles. The van der Waals surface area contributed by atoms with Crippen molar-refractivity contribution in [2.75, 3.05) is 0 Å². The first-order chi connectivity index (χ1) is 7.63. The maximum absolute atomic E-state index is 10.9. The molecule has 1 nitrogen and oxygen atoms in total. The van der Waals surface area contributed by atoms with Crippen LogP contribution in [0.15, 0.2) is 23.3 Å². The van der Waals surface area contributed by atoms with Crippen LogP contribution in [0.3, 0.4) is 0 Å². The van der Waals surface area contributed by atoms with E-state index in [1.54, 1.807) is 5.57 Å². The summed E-state index contributed by atoms with van der Waals surface area (Å²) in [6, 6.07) is 0. The van der Waals surface area contributed by atoms with E-state index in [0.717, 1.165) is 24.2 Å². The molecule has 2 rings (SSSR count). The largest absolute Gasteiger partial charge is 0.298 e. The lowest BCUT2D eigenvalue weighted by molar-refractivity contribution is -0.105. The van der Waals surface area contributed by atoms with Crippen LogP contribution in [0.4, 0.5) is 0 Å². The molecule has 0 aromatic rings. The fourth-order valence-corrected chi connectivity index (χ4v) is 3.36. The minimum Gasteiger partial charge on any atom is -0.298 e. The van der Waals surface area contributed by atoms with Gasteiger partial charge in [-0.15, -0.1) is 0 Å². The number of carbonyl (C=O) groups excluding carboxylic acids is 1. The van der Waals surface area contributed by atoms with E-state index in [2.05, 4.69) is 32.9 Å². The Morgan fingerprint density at radius 2 is 2.19 bits per heavy atom. The Morgan fingerprint density at radius 3 is 2.81 bits per heavy atom. The van der Waals surface area contributed by atoms with Crippen molar-refractivity contribution < 1.29 is 4.79 Å². The highest BCUT2D eigenvalue weighted by molar-refractivity contribution is 5.73. The fraction of sp³-hybridized carbons (Fsp3) is 0.667. The van der Waals surface area contributed by atoms with Gasteiger partial charge in [-0.3, -0.25) is 4.79 Å². The van der Waals surface area contributed by atoms with E-state index < -0.39 is 0 Å². The zero-order chi connectivity index (χ0) is 11.7.